The summed E-state index contributed by atoms with van der Waals surface area (Å²) < 4.78 is 42.0. The lowest BCUT2D eigenvalue weighted by atomic mass is 10.0. The summed E-state index contributed by atoms with van der Waals surface area (Å²) in [7, 11) is 0. The second-order valence-electron chi connectivity index (χ2n) is 7.61. The van der Waals surface area contributed by atoms with Crippen molar-refractivity contribution in [2.75, 3.05) is 17.2 Å². The highest BCUT2D eigenvalue weighted by molar-refractivity contribution is 8.01. The maximum absolute atomic E-state index is 14.4. The van der Waals surface area contributed by atoms with Crippen LogP contribution in [-0.2, 0) is 16.2 Å². The van der Waals surface area contributed by atoms with Crippen LogP contribution >= 0.6 is 11.8 Å². The first-order chi connectivity index (χ1) is 15.4. The van der Waals surface area contributed by atoms with Gasteiger partial charge in [0.25, 0.3) is 11.8 Å². The summed E-state index contributed by atoms with van der Waals surface area (Å²) in [6.07, 6.45) is 0. The van der Waals surface area contributed by atoms with E-state index in [1.165, 1.54) is 70.1 Å². The number of amides is 2. The van der Waals surface area contributed by atoms with Crippen LogP contribution in [0.15, 0.2) is 66.7 Å². The van der Waals surface area contributed by atoms with E-state index in [2.05, 4.69) is 0 Å². The number of halogens is 3. The fourth-order valence-corrected chi connectivity index (χ4v) is 5.75. The van der Waals surface area contributed by atoms with Gasteiger partial charge in [-0.2, -0.15) is 0 Å². The zero-order valence-corrected chi connectivity index (χ0v) is 17.5. The number of thioether (sulfide) groups is 1. The Morgan fingerprint density at radius 2 is 1.69 bits per heavy atom. The minimum atomic E-state index is -1.49. The highest BCUT2D eigenvalue weighted by Gasteiger charge is 2.59. The third-order valence-electron chi connectivity index (χ3n) is 5.76. The van der Waals surface area contributed by atoms with Gasteiger partial charge in [0.1, 0.15) is 17.5 Å². The van der Waals surface area contributed by atoms with Crippen LogP contribution in [0.5, 0.6) is 0 Å². The third kappa shape index (κ3) is 3.09. The summed E-state index contributed by atoms with van der Waals surface area (Å²) in [4.78, 5) is 28.5. The second-order valence-corrected chi connectivity index (χ2v) is 8.90. The topological polar surface area (TPSA) is 40.6 Å². The summed E-state index contributed by atoms with van der Waals surface area (Å²) >= 11 is 1.23. The summed E-state index contributed by atoms with van der Waals surface area (Å²) in [6.45, 7) is 0.339. The standard InChI is InChI=1S/C24H17F3N2O2S/c25-16-7-5-15(6-8-16)14-28-21-10-9-17(26)13-19(21)24(23(28)31)29(11-12-32-24)22(30)18-3-1-2-4-20(18)27/h1-10,13H,11-12,14H2/t24-/m0/s1. The summed E-state index contributed by atoms with van der Waals surface area (Å²) in [5, 5.41) is 0. The number of anilines is 1. The van der Waals surface area contributed by atoms with Crippen LogP contribution in [0.2, 0.25) is 0 Å². The van der Waals surface area contributed by atoms with Gasteiger partial charge in [0.15, 0.2) is 4.87 Å². The summed E-state index contributed by atoms with van der Waals surface area (Å²) in [5.74, 6) is -2.21. The normalized spacial score (nSPS) is 19.7. The fourth-order valence-electron chi connectivity index (χ4n) is 4.30. The number of hydrogen-bond acceptors (Lipinski definition) is 3. The molecule has 0 aliphatic carbocycles. The molecule has 0 N–H and O–H groups in total. The number of benzene rings is 3. The molecule has 2 heterocycles. The van der Waals surface area contributed by atoms with Crippen LogP contribution in [0.1, 0.15) is 21.5 Å². The quantitative estimate of drug-likeness (QED) is 0.577. The van der Waals surface area contributed by atoms with Crippen LogP contribution in [0.25, 0.3) is 0 Å². The first-order valence-electron chi connectivity index (χ1n) is 9.99. The maximum Gasteiger partial charge on any atom is 0.268 e. The van der Waals surface area contributed by atoms with E-state index in [0.29, 0.717) is 22.6 Å². The van der Waals surface area contributed by atoms with Crippen molar-refractivity contribution in [3.63, 3.8) is 0 Å². The number of carbonyl (C=O) groups excluding carboxylic acids is 2. The number of nitrogens with zero attached hydrogens (tertiary/aromatic N) is 2. The smallest absolute Gasteiger partial charge is 0.268 e. The van der Waals surface area contributed by atoms with E-state index in [1.807, 2.05) is 0 Å². The number of rotatable bonds is 3. The summed E-state index contributed by atoms with van der Waals surface area (Å²) in [6, 6.07) is 15.4. The second kappa shape index (κ2) is 7.70. The molecule has 2 amide bonds. The van der Waals surface area contributed by atoms with Crippen molar-refractivity contribution in [2.24, 2.45) is 0 Å². The van der Waals surface area contributed by atoms with E-state index >= 15 is 0 Å². The number of hydrogen-bond donors (Lipinski definition) is 0. The van der Waals surface area contributed by atoms with E-state index < -0.39 is 34.1 Å². The Morgan fingerprint density at radius 3 is 2.44 bits per heavy atom. The molecule has 5 rings (SSSR count). The molecule has 3 aromatic carbocycles. The molecular weight excluding hydrogens is 437 g/mol. The van der Waals surface area contributed by atoms with Crippen LogP contribution in [0.4, 0.5) is 18.9 Å². The predicted molar refractivity (Wildman–Crippen MR) is 116 cm³/mol. The zero-order valence-electron chi connectivity index (χ0n) is 16.7. The molecule has 1 spiro atoms. The lowest BCUT2D eigenvalue weighted by molar-refractivity contribution is -0.123. The largest absolute Gasteiger partial charge is 0.311 e. The Kier molecular flexibility index (Phi) is 4.97. The third-order valence-corrected chi connectivity index (χ3v) is 7.18. The van der Waals surface area contributed by atoms with Crippen LogP contribution in [0.3, 0.4) is 0 Å². The molecule has 0 saturated carbocycles. The molecule has 8 heteroatoms. The van der Waals surface area contributed by atoms with E-state index in [1.54, 1.807) is 18.2 Å². The van der Waals surface area contributed by atoms with Crippen molar-refractivity contribution in [1.82, 2.24) is 4.90 Å². The van der Waals surface area contributed by atoms with Gasteiger partial charge in [-0.25, -0.2) is 13.2 Å². The van der Waals surface area contributed by atoms with Gasteiger partial charge in [0.05, 0.1) is 17.8 Å². The molecule has 2 aliphatic rings. The molecule has 1 atom stereocenters. The van der Waals surface area contributed by atoms with Crippen molar-refractivity contribution >= 4 is 29.3 Å². The zero-order chi connectivity index (χ0) is 22.5. The van der Waals surface area contributed by atoms with Gasteiger partial charge in [-0.1, -0.05) is 24.3 Å². The van der Waals surface area contributed by atoms with Gasteiger partial charge in [-0.3, -0.25) is 9.59 Å². The molecular formula is C24H17F3N2O2S. The molecule has 3 aromatic rings. The van der Waals surface area contributed by atoms with Crippen LogP contribution < -0.4 is 4.90 Å². The van der Waals surface area contributed by atoms with Crippen LogP contribution in [0, 0.1) is 17.5 Å². The minimum absolute atomic E-state index is 0.127. The van der Waals surface area contributed by atoms with Gasteiger partial charge < -0.3 is 9.80 Å². The molecule has 4 nitrogen and oxygen atoms in total. The SMILES string of the molecule is O=C(c1ccccc1F)N1CCS[C@@]12C(=O)N(Cc1ccc(F)cc1)c1ccc(F)cc12. The molecule has 0 unspecified atom stereocenters. The minimum Gasteiger partial charge on any atom is -0.311 e. The van der Waals surface area contributed by atoms with Gasteiger partial charge in [0, 0.05) is 17.9 Å². The van der Waals surface area contributed by atoms with Gasteiger partial charge in [-0.05, 0) is 48.0 Å². The van der Waals surface area contributed by atoms with E-state index in [9.17, 15) is 22.8 Å². The Morgan fingerprint density at radius 1 is 0.969 bits per heavy atom. The molecule has 1 fully saturated rings. The fraction of sp³-hybridized carbons (Fsp3) is 0.167. The maximum atomic E-state index is 14.4. The molecule has 162 valence electrons. The van der Waals surface area contributed by atoms with E-state index in [0.717, 1.165) is 0 Å². The summed E-state index contributed by atoms with van der Waals surface area (Å²) in [5.41, 5.74) is 1.37. The van der Waals surface area contributed by atoms with Crippen molar-refractivity contribution in [2.45, 2.75) is 11.4 Å². The first kappa shape index (κ1) is 20.6. The van der Waals surface area contributed by atoms with E-state index in [4.69, 9.17) is 0 Å². The highest BCUT2D eigenvalue weighted by Crippen LogP contribution is 2.55. The van der Waals surface area contributed by atoms with Gasteiger partial charge in [0.2, 0.25) is 0 Å². The van der Waals surface area contributed by atoms with Crippen molar-refractivity contribution < 1.29 is 22.8 Å². The average Bonchev–Trinajstić information content (AvgIpc) is 3.32. The highest BCUT2D eigenvalue weighted by atomic mass is 32.2. The molecule has 32 heavy (non-hydrogen) atoms. The average molecular weight is 454 g/mol. The Bertz CT molecular complexity index is 1230. The monoisotopic (exact) mass is 454 g/mol. The number of fused-ring (bicyclic) bond motifs is 2. The Balaban J connectivity index is 1.60. The Labute approximate surface area is 186 Å². The van der Waals surface area contributed by atoms with Crippen LogP contribution in [-0.4, -0.2) is 29.0 Å². The molecule has 2 aliphatic heterocycles. The van der Waals surface area contributed by atoms with E-state index in [-0.39, 0.29) is 18.7 Å². The molecule has 0 aromatic heterocycles. The van der Waals surface area contributed by atoms with Crippen molar-refractivity contribution in [1.29, 1.82) is 0 Å². The number of carbonyl (C=O) groups is 2. The predicted octanol–water partition coefficient (Wildman–Crippen LogP) is 4.69. The van der Waals surface area contributed by atoms with Gasteiger partial charge >= 0.3 is 0 Å². The molecule has 0 bridgehead atoms. The first-order valence-corrected chi connectivity index (χ1v) is 11.0. The molecule has 0 radical (unpaired) electrons. The Hall–Kier alpha value is -3.26. The van der Waals surface area contributed by atoms with Gasteiger partial charge in [-0.15, -0.1) is 11.8 Å². The van der Waals surface area contributed by atoms with Crippen molar-refractivity contribution in [3.8, 4) is 0 Å². The van der Waals surface area contributed by atoms with Crippen molar-refractivity contribution in [3.05, 3.63) is 101 Å². The lowest BCUT2D eigenvalue weighted by Crippen LogP contribution is -2.50. The molecule has 1 saturated heterocycles. The lowest BCUT2D eigenvalue weighted by Gasteiger charge is -2.33.